The molecule has 4 rings (SSSR count). The minimum Gasteiger partial charge on any atom is -0.457 e. The molecule has 2 aromatic rings. The Labute approximate surface area is 224 Å². The predicted molar refractivity (Wildman–Crippen MR) is 147 cm³/mol. The van der Waals surface area contributed by atoms with Gasteiger partial charge in [-0.1, -0.05) is 32.1 Å². The standard InChI is InChI=1S/C29H39N5O4/c1-18(2)26-27(35)32-19(3)28(36)34-14-8-10-25(33-34)29(37)38-20(4)21-11-12-22-17-31-24(16-23(22)15-21)9-6-5-7-13-30-26/h6,9,11-12,15-20,25-26,30,33H,5,7-8,10,13-14H2,1-4H3,(H,32,35)/t19-,20+,25-,26-/m0/s1. The summed E-state index contributed by atoms with van der Waals surface area (Å²) in [7, 11) is 0. The van der Waals surface area contributed by atoms with E-state index in [0.29, 0.717) is 25.9 Å². The molecule has 5 bridgehead atoms. The topological polar surface area (TPSA) is 113 Å². The maximum Gasteiger partial charge on any atom is 0.325 e. The van der Waals surface area contributed by atoms with Crippen LogP contribution in [0.25, 0.3) is 16.8 Å². The number of aromatic nitrogens is 1. The maximum absolute atomic E-state index is 13.1. The number of allylic oxidation sites excluding steroid dienone is 1. The van der Waals surface area contributed by atoms with Crippen LogP contribution in [-0.4, -0.2) is 59.0 Å². The van der Waals surface area contributed by atoms with Crippen LogP contribution in [0.5, 0.6) is 0 Å². The number of amides is 2. The Bertz CT molecular complexity index is 1200. The average Bonchev–Trinajstić information content (AvgIpc) is 2.90. The van der Waals surface area contributed by atoms with E-state index in [-0.39, 0.29) is 17.7 Å². The van der Waals surface area contributed by atoms with Gasteiger partial charge in [-0.05, 0) is 81.2 Å². The van der Waals surface area contributed by atoms with Crippen LogP contribution in [0.4, 0.5) is 0 Å². The highest BCUT2D eigenvalue weighted by Crippen LogP contribution is 2.24. The molecule has 3 heterocycles. The van der Waals surface area contributed by atoms with Crippen LogP contribution in [0.2, 0.25) is 0 Å². The molecule has 0 radical (unpaired) electrons. The van der Waals surface area contributed by atoms with Gasteiger partial charge in [0.25, 0.3) is 5.91 Å². The van der Waals surface area contributed by atoms with E-state index in [4.69, 9.17) is 4.74 Å². The molecule has 1 fully saturated rings. The van der Waals surface area contributed by atoms with E-state index in [1.54, 1.807) is 6.92 Å². The van der Waals surface area contributed by atoms with Crippen molar-refractivity contribution in [2.24, 2.45) is 5.92 Å². The largest absolute Gasteiger partial charge is 0.457 e. The average molecular weight is 522 g/mol. The van der Waals surface area contributed by atoms with E-state index >= 15 is 0 Å². The van der Waals surface area contributed by atoms with Gasteiger partial charge in [0.2, 0.25) is 5.91 Å². The molecule has 0 spiro atoms. The van der Waals surface area contributed by atoms with Crippen molar-refractivity contribution in [1.29, 1.82) is 0 Å². The van der Waals surface area contributed by atoms with Crippen LogP contribution < -0.4 is 16.1 Å². The van der Waals surface area contributed by atoms with Gasteiger partial charge < -0.3 is 15.4 Å². The second-order valence-electron chi connectivity index (χ2n) is 10.6. The number of benzene rings is 1. The number of cyclic esters (lactones) is 1. The minimum atomic E-state index is -0.735. The van der Waals surface area contributed by atoms with Gasteiger partial charge in [-0.25, -0.2) is 5.43 Å². The van der Waals surface area contributed by atoms with Crippen LogP contribution >= 0.6 is 0 Å². The number of ether oxygens (including phenoxy) is 1. The predicted octanol–water partition coefficient (Wildman–Crippen LogP) is 3.26. The van der Waals surface area contributed by atoms with Gasteiger partial charge in [-0.2, -0.15) is 0 Å². The first-order chi connectivity index (χ1) is 18.2. The summed E-state index contributed by atoms with van der Waals surface area (Å²) in [6, 6.07) is 6.20. The highest BCUT2D eigenvalue weighted by molar-refractivity contribution is 5.90. The van der Waals surface area contributed by atoms with Crippen molar-refractivity contribution in [1.82, 2.24) is 26.1 Å². The van der Waals surface area contributed by atoms with Gasteiger partial charge in [-0.3, -0.25) is 24.4 Å². The molecule has 0 saturated carbocycles. The number of fused-ring (bicyclic) bond motifs is 4. The van der Waals surface area contributed by atoms with Crippen LogP contribution in [0.1, 0.15) is 70.7 Å². The molecule has 4 atom stereocenters. The molecule has 2 aliphatic heterocycles. The van der Waals surface area contributed by atoms with E-state index < -0.39 is 30.2 Å². The number of carbonyl (C=O) groups is 3. The number of rotatable bonds is 1. The zero-order valence-corrected chi connectivity index (χ0v) is 22.7. The Morgan fingerprint density at radius 1 is 1.08 bits per heavy atom. The molecular weight excluding hydrogens is 482 g/mol. The molecule has 9 nitrogen and oxygen atoms in total. The summed E-state index contributed by atoms with van der Waals surface area (Å²) in [5.41, 5.74) is 4.78. The number of carbonyl (C=O) groups excluding carboxylic acids is 3. The number of esters is 1. The fraction of sp³-hybridized carbons (Fsp3) is 0.517. The fourth-order valence-corrected chi connectivity index (χ4v) is 4.87. The Hall–Kier alpha value is -3.30. The molecule has 9 heteroatoms. The van der Waals surface area contributed by atoms with Crippen molar-refractivity contribution in [3.63, 3.8) is 0 Å². The summed E-state index contributed by atoms with van der Waals surface area (Å²) < 4.78 is 5.81. The molecule has 204 valence electrons. The first-order valence-electron chi connectivity index (χ1n) is 13.6. The third kappa shape index (κ3) is 6.76. The molecule has 2 aliphatic rings. The van der Waals surface area contributed by atoms with Gasteiger partial charge in [0.05, 0.1) is 11.7 Å². The van der Waals surface area contributed by atoms with Crippen molar-refractivity contribution in [3.8, 4) is 0 Å². The molecular formula is C29H39N5O4. The second-order valence-corrected chi connectivity index (χ2v) is 10.6. The number of pyridine rings is 1. The van der Waals surface area contributed by atoms with E-state index in [0.717, 1.165) is 34.9 Å². The molecule has 38 heavy (non-hydrogen) atoms. The van der Waals surface area contributed by atoms with Crippen molar-refractivity contribution < 1.29 is 19.1 Å². The number of nitrogens with one attached hydrogen (secondary N) is 3. The fourth-order valence-electron chi connectivity index (χ4n) is 4.87. The summed E-state index contributed by atoms with van der Waals surface area (Å²) in [6.07, 6.45) is 8.40. The third-order valence-electron chi connectivity index (χ3n) is 7.14. The van der Waals surface area contributed by atoms with Gasteiger partial charge >= 0.3 is 5.97 Å². The Balaban J connectivity index is 1.58. The second kappa shape index (κ2) is 12.5. The molecule has 2 amide bonds. The van der Waals surface area contributed by atoms with Crippen LogP contribution in [0.15, 0.2) is 36.5 Å². The van der Waals surface area contributed by atoms with E-state index in [9.17, 15) is 14.4 Å². The van der Waals surface area contributed by atoms with Crippen LogP contribution in [-0.2, 0) is 19.1 Å². The van der Waals surface area contributed by atoms with Gasteiger partial charge in [0, 0.05) is 18.1 Å². The zero-order valence-electron chi connectivity index (χ0n) is 22.7. The molecule has 1 aromatic heterocycles. The van der Waals surface area contributed by atoms with Gasteiger partial charge in [-0.15, -0.1) is 0 Å². The zero-order chi connectivity index (χ0) is 27.2. The van der Waals surface area contributed by atoms with Crippen molar-refractivity contribution in [3.05, 3.63) is 47.8 Å². The molecule has 0 aliphatic carbocycles. The van der Waals surface area contributed by atoms with Crippen LogP contribution in [0, 0.1) is 5.92 Å². The summed E-state index contributed by atoms with van der Waals surface area (Å²) in [5.74, 6) is -0.840. The summed E-state index contributed by atoms with van der Waals surface area (Å²) in [6.45, 7) is 8.61. The van der Waals surface area contributed by atoms with Gasteiger partial charge in [0.15, 0.2) is 0 Å². The Kier molecular flexibility index (Phi) is 9.12. The van der Waals surface area contributed by atoms with E-state index in [1.807, 2.05) is 57.3 Å². The van der Waals surface area contributed by atoms with Gasteiger partial charge in [0.1, 0.15) is 18.2 Å². The SMILES string of the molecule is CC(C)[C@@H]1NCCCC=Cc2cc3cc(ccc3cn2)[C@@H](C)OC(=O)[C@@H]2CCCN(N2)C(=O)[C@H](C)NC1=O. The lowest BCUT2D eigenvalue weighted by Crippen LogP contribution is -2.60. The highest BCUT2D eigenvalue weighted by Gasteiger charge is 2.33. The first-order valence-corrected chi connectivity index (χ1v) is 13.6. The lowest BCUT2D eigenvalue weighted by molar-refractivity contribution is -0.157. The molecule has 0 unspecified atom stereocenters. The minimum absolute atomic E-state index is 0.0549. The van der Waals surface area contributed by atoms with E-state index in [1.165, 1.54) is 5.01 Å². The number of hydrogen-bond acceptors (Lipinski definition) is 7. The number of hydrazine groups is 1. The Morgan fingerprint density at radius 3 is 2.68 bits per heavy atom. The first kappa shape index (κ1) is 27.7. The normalized spacial score (nSPS) is 26.2. The summed E-state index contributed by atoms with van der Waals surface area (Å²) >= 11 is 0. The molecule has 1 aromatic carbocycles. The van der Waals surface area contributed by atoms with Crippen molar-refractivity contribution in [2.45, 2.75) is 77.6 Å². The number of hydrogen-bond donors (Lipinski definition) is 3. The maximum atomic E-state index is 13.1. The van der Waals surface area contributed by atoms with Crippen molar-refractivity contribution in [2.75, 3.05) is 13.1 Å². The quantitative estimate of drug-likeness (QED) is 0.494. The lowest BCUT2D eigenvalue weighted by Gasteiger charge is -2.35. The van der Waals surface area contributed by atoms with E-state index in [2.05, 4.69) is 27.1 Å². The summed E-state index contributed by atoms with van der Waals surface area (Å²) in [5, 5.41) is 9.67. The highest BCUT2D eigenvalue weighted by atomic mass is 16.5. The third-order valence-corrected chi connectivity index (χ3v) is 7.14. The number of nitrogens with zero attached hydrogens (tertiary/aromatic N) is 2. The smallest absolute Gasteiger partial charge is 0.325 e. The van der Waals surface area contributed by atoms with Crippen LogP contribution in [0.3, 0.4) is 0 Å². The van der Waals surface area contributed by atoms with Crippen molar-refractivity contribution >= 4 is 34.6 Å². The summed E-state index contributed by atoms with van der Waals surface area (Å²) in [4.78, 5) is 43.7. The molecule has 3 N–H and O–H groups in total. The lowest BCUT2D eigenvalue weighted by atomic mass is 10.0. The Morgan fingerprint density at radius 2 is 1.89 bits per heavy atom. The molecule has 1 saturated heterocycles. The monoisotopic (exact) mass is 521 g/mol.